The number of hydrogen-bond acceptors (Lipinski definition) is 6. The van der Waals surface area contributed by atoms with Crippen molar-refractivity contribution >= 4 is 27.9 Å². The van der Waals surface area contributed by atoms with Crippen molar-refractivity contribution in [3.05, 3.63) is 29.8 Å². The molecule has 1 aromatic carbocycles. The average molecular weight is 354 g/mol. The van der Waals surface area contributed by atoms with Gasteiger partial charge >= 0.3 is 6.03 Å². The van der Waals surface area contributed by atoms with Crippen LogP contribution in [0.25, 0.3) is 0 Å². The molecule has 0 bridgehead atoms. The van der Waals surface area contributed by atoms with Gasteiger partial charge in [-0.25, -0.2) is 13.2 Å². The lowest BCUT2D eigenvalue weighted by Gasteiger charge is -2.29. The van der Waals surface area contributed by atoms with E-state index >= 15 is 0 Å². The summed E-state index contributed by atoms with van der Waals surface area (Å²) in [4.78, 5) is 37.7. The van der Waals surface area contributed by atoms with Crippen LogP contribution in [0.5, 0.6) is 5.75 Å². The number of rotatable bonds is 3. The van der Waals surface area contributed by atoms with Crippen LogP contribution in [0, 0.1) is 0 Å². The normalized spacial score (nSPS) is 15.1. The summed E-state index contributed by atoms with van der Waals surface area (Å²) < 4.78 is 29.1. The van der Waals surface area contributed by atoms with E-state index in [1.165, 1.54) is 31.4 Å². The van der Waals surface area contributed by atoms with Crippen LogP contribution in [0.2, 0.25) is 0 Å². The Hall–Kier alpha value is -2.42. The maximum Gasteiger partial charge on any atom is 0.347 e. The zero-order chi connectivity index (χ0) is 17.9. The van der Waals surface area contributed by atoms with Gasteiger partial charge < -0.3 is 4.74 Å². The summed E-state index contributed by atoms with van der Waals surface area (Å²) >= 11 is 0. The first-order valence-corrected chi connectivity index (χ1v) is 9.13. The highest BCUT2D eigenvalue weighted by molar-refractivity contribution is 7.89. The highest BCUT2D eigenvalue weighted by Gasteiger charge is 2.37. The molecule has 130 valence electrons. The smallest absolute Gasteiger partial charge is 0.347 e. The van der Waals surface area contributed by atoms with Gasteiger partial charge in [0.05, 0.1) is 13.4 Å². The highest BCUT2D eigenvalue weighted by Crippen LogP contribution is 2.18. The van der Waals surface area contributed by atoms with Crippen molar-refractivity contribution in [2.45, 2.75) is 19.3 Å². The summed E-state index contributed by atoms with van der Waals surface area (Å²) in [6, 6.07) is 4.52. The van der Waals surface area contributed by atoms with Crippen molar-refractivity contribution in [2.24, 2.45) is 0 Å². The van der Waals surface area contributed by atoms with Crippen molar-refractivity contribution in [1.29, 1.82) is 0 Å². The standard InChI is InChI=1S/C15H18N2O6S/c1-23-12-8-6-11(7-9-12)14(19)17(24(2,21)22)15(20)16-10-4-3-5-13(16)18/h6-9H,3-5,10H2,1-2H3. The number of urea groups is 1. The second kappa shape index (κ2) is 7.00. The number of ether oxygens (including phenoxy) is 1. The number of carbonyl (C=O) groups excluding carboxylic acids is 3. The summed E-state index contributed by atoms with van der Waals surface area (Å²) in [5, 5.41) is 0. The second-order valence-corrected chi connectivity index (χ2v) is 7.18. The first-order chi connectivity index (χ1) is 11.3. The van der Waals surface area contributed by atoms with Crippen LogP contribution in [0.15, 0.2) is 24.3 Å². The van der Waals surface area contributed by atoms with Gasteiger partial charge in [-0.1, -0.05) is 0 Å². The van der Waals surface area contributed by atoms with Crippen LogP contribution in [0.1, 0.15) is 29.6 Å². The number of methoxy groups -OCH3 is 1. The van der Waals surface area contributed by atoms with Crippen LogP contribution >= 0.6 is 0 Å². The Balaban J connectivity index is 2.35. The van der Waals surface area contributed by atoms with Gasteiger partial charge in [0.15, 0.2) is 0 Å². The van der Waals surface area contributed by atoms with Gasteiger partial charge in [0, 0.05) is 18.5 Å². The zero-order valence-corrected chi connectivity index (χ0v) is 14.2. The van der Waals surface area contributed by atoms with Crippen molar-refractivity contribution in [1.82, 2.24) is 9.21 Å². The van der Waals surface area contributed by atoms with Gasteiger partial charge in [-0.15, -0.1) is 0 Å². The summed E-state index contributed by atoms with van der Waals surface area (Å²) in [6.45, 7) is 0.0968. The molecule has 0 N–H and O–H groups in total. The van der Waals surface area contributed by atoms with E-state index in [4.69, 9.17) is 4.74 Å². The van der Waals surface area contributed by atoms with Gasteiger partial charge in [-0.05, 0) is 37.1 Å². The number of amides is 4. The lowest BCUT2D eigenvalue weighted by molar-refractivity contribution is -0.130. The highest BCUT2D eigenvalue weighted by atomic mass is 32.2. The second-order valence-electron chi connectivity index (χ2n) is 5.35. The number of likely N-dealkylation sites (tertiary alicyclic amines) is 1. The van der Waals surface area contributed by atoms with Gasteiger partial charge in [0.1, 0.15) is 5.75 Å². The van der Waals surface area contributed by atoms with E-state index in [-0.39, 0.29) is 22.8 Å². The first-order valence-electron chi connectivity index (χ1n) is 7.28. The number of nitrogens with zero attached hydrogens (tertiary/aromatic N) is 2. The minimum absolute atomic E-state index is 0.000895. The summed E-state index contributed by atoms with van der Waals surface area (Å²) in [5.74, 6) is -1.01. The minimum atomic E-state index is -4.19. The fraction of sp³-hybridized carbons (Fsp3) is 0.400. The van der Waals surface area contributed by atoms with E-state index in [1.54, 1.807) is 0 Å². The van der Waals surface area contributed by atoms with Crippen molar-refractivity contribution in [3.63, 3.8) is 0 Å². The third kappa shape index (κ3) is 3.73. The number of carbonyl (C=O) groups is 3. The lowest BCUT2D eigenvalue weighted by atomic mass is 10.1. The van der Waals surface area contributed by atoms with E-state index in [1.807, 2.05) is 0 Å². The Morgan fingerprint density at radius 2 is 1.79 bits per heavy atom. The maximum atomic E-state index is 12.5. The Bertz CT molecular complexity index is 757. The molecule has 1 aliphatic heterocycles. The molecule has 0 aromatic heterocycles. The fourth-order valence-corrected chi connectivity index (χ4v) is 3.14. The molecule has 0 unspecified atom stereocenters. The Labute approximate surface area is 140 Å². The van der Waals surface area contributed by atoms with Crippen LogP contribution < -0.4 is 4.74 Å². The Morgan fingerprint density at radius 1 is 1.17 bits per heavy atom. The molecule has 1 saturated heterocycles. The quantitative estimate of drug-likeness (QED) is 0.809. The van der Waals surface area contributed by atoms with Crippen molar-refractivity contribution < 1.29 is 27.5 Å². The van der Waals surface area contributed by atoms with E-state index in [0.717, 1.165) is 11.2 Å². The van der Waals surface area contributed by atoms with Gasteiger partial charge in [0.2, 0.25) is 15.9 Å². The number of sulfonamides is 1. The summed E-state index contributed by atoms with van der Waals surface area (Å²) in [6.07, 6.45) is 2.11. The van der Waals surface area contributed by atoms with E-state index < -0.39 is 27.9 Å². The number of imide groups is 2. The molecule has 0 spiro atoms. The van der Waals surface area contributed by atoms with Crippen LogP contribution in [-0.2, 0) is 14.8 Å². The number of hydrogen-bond donors (Lipinski definition) is 0. The van der Waals surface area contributed by atoms with E-state index in [2.05, 4.69) is 0 Å². The Kier molecular flexibility index (Phi) is 5.23. The zero-order valence-electron chi connectivity index (χ0n) is 13.4. The molecule has 24 heavy (non-hydrogen) atoms. The third-order valence-corrected chi connectivity index (χ3v) is 4.57. The molecular formula is C15H18N2O6S. The topological polar surface area (TPSA) is 101 Å². The molecule has 4 amide bonds. The first kappa shape index (κ1) is 17.9. The Morgan fingerprint density at radius 3 is 2.29 bits per heavy atom. The van der Waals surface area contributed by atoms with Gasteiger partial charge in [-0.2, -0.15) is 4.31 Å². The average Bonchev–Trinajstić information content (AvgIpc) is 2.54. The molecule has 0 radical (unpaired) electrons. The SMILES string of the molecule is COc1ccc(C(=O)N(C(=O)N2CCCCC2=O)S(C)(=O)=O)cc1. The lowest BCUT2D eigenvalue weighted by Crippen LogP contribution is -2.52. The number of piperidine rings is 1. The predicted octanol–water partition coefficient (Wildman–Crippen LogP) is 1.23. The van der Waals surface area contributed by atoms with E-state index in [9.17, 15) is 22.8 Å². The van der Waals surface area contributed by atoms with Crippen LogP contribution in [-0.4, -0.2) is 55.4 Å². The predicted molar refractivity (Wildman–Crippen MR) is 85.0 cm³/mol. The monoisotopic (exact) mass is 354 g/mol. The van der Waals surface area contributed by atoms with Crippen molar-refractivity contribution in [2.75, 3.05) is 19.9 Å². The molecule has 1 fully saturated rings. The van der Waals surface area contributed by atoms with E-state index in [0.29, 0.717) is 18.6 Å². The molecule has 2 rings (SSSR count). The molecule has 1 heterocycles. The van der Waals surface area contributed by atoms with Crippen LogP contribution in [0.3, 0.4) is 0 Å². The number of benzene rings is 1. The molecule has 8 nitrogen and oxygen atoms in total. The summed E-state index contributed by atoms with van der Waals surface area (Å²) in [5.41, 5.74) is -0.000895. The largest absolute Gasteiger partial charge is 0.497 e. The van der Waals surface area contributed by atoms with Gasteiger partial charge in [-0.3, -0.25) is 14.5 Å². The summed E-state index contributed by atoms with van der Waals surface area (Å²) in [7, 11) is -2.74. The molecule has 1 aliphatic rings. The van der Waals surface area contributed by atoms with Crippen molar-refractivity contribution in [3.8, 4) is 5.75 Å². The molecular weight excluding hydrogens is 336 g/mol. The van der Waals surface area contributed by atoms with Gasteiger partial charge in [0.25, 0.3) is 5.91 Å². The molecule has 0 aliphatic carbocycles. The maximum absolute atomic E-state index is 12.5. The molecule has 0 atom stereocenters. The fourth-order valence-electron chi connectivity index (χ4n) is 2.35. The molecule has 0 saturated carbocycles. The third-order valence-electron chi connectivity index (χ3n) is 3.58. The molecule has 1 aromatic rings. The molecule has 9 heteroatoms. The minimum Gasteiger partial charge on any atom is -0.497 e. The van der Waals surface area contributed by atoms with Crippen LogP contribution in [0.4, 0.5) is 4.79 Å².